The highest BCUT2D eigenvalue weighted by Crippen LogP contribution is 2.47. The normalized spacial score (nSPS) is 19.1. The Morgan fingerprint density at radius 3 is 2.24 bits per heavy atom. The van der Waals surface area contributed by atoms with Crippen molar-refractivity contribution < 1.29 is 18.0 Å². The molecule has 6 nitrogen and oxygen atoms in total. The second-order valence-electron chi connectivity index (χ2n) is 6.13. The predicted octanol–water partition coefficient (Wildman–Crippen LogP) is 2.12. The van der Waals surface area contributed by atoms with Crippen molar-refractivity contribution in [3.63, 3.8) is 0 Å². The highest BCUT2D eigenvalue weighted by molar-refractivity contribution is 7.89. The molecule has 0 bridgehead atoms. The van der Waals surface area contributed by atoms with Crippen LogP contribution >= 0.6 is 0 Å². The number of nitrogens with one attached hydrogen (secondary N) is 2. The Morgan fingerprint density at radius 1 is 1.00 bits per heavy atom. The van der Waals surface area contributed by atoms with Crippen molar-refractivity contribution in [2.75, 3.05) is 11.6 Å². The molecule has 1 fully saturated rings. The van der Waals surface area contributed by atoms with Gasteiger partial charge < -0.3 is 5.32 Å². The van der Waals surface area contributed by atoms with Gasteiger partial charge in [0.1, 0.15) is 0 Å². The van der Waals surface area contributed by atoms with Crippen LogP contribution in [0.1, 0.15) is 28.3 Å². The van der Waals surface area contributed by atoms with Crippen molar-refractivity contribution in [1.82, 2.24) is 4.72 Å². The van der Waals surface area contributed by atoms with E-state index >= 15 is 0 Å². The van der Waals surface area contributed by atoms with E-state index < -0.39 is 15.9 Å². The zero-order chi connectivity index (χ0) is 18.0. The lowest BCUT2D eigenvalue weighted by Gasteiger charge is -2.07. The third-order valence-electron chi connectivity index (χ3n) is 4.05. The lowest BCUT2D eigenvalue weighted by atomic mass is 10.1. The Labute approximate surface area is 146 Å². The van der Waals surface area contributed by atoms with Crippen LogP contribution in [0.2, 0.25) is 0 Å². The van der Waals surface area contributed by atoms with Gasteiger partial charge in [-0.25, -0.2) is 13.1 Å². The molecule has 2 N–H and O–H groups in total. The van der Waals surface area contributed by atoms with Gasteiger partial charge in [-0.2, -0.15) is 0 Å². The number of sulfonamides is 1. The summed E-state index contributed by atoms with van der Waals surface area (Å²) < 4.78 is 24.0. The molecule has 1 saturated carbocycles. The largest absolute Gasteiger partial charge is 0.326 e. The Bertz CT molecular complexity index is 892. The van der Waals surface area contributed by atoms with E-state index in [4.69, 9.17) is 0 Å². The molecule has 0 unspecified atom stereocenters. The maximum absolute atomic E-state index is 12.3. The van der Waals surface area contributed by atoms with Crippen LogP contribution in [0.4, 0.5) is 5.69 Å². The molecule has 130 valence electrons. The average Bonchev–Trinajstić information content (AvgIpc) is 3.35. The Hall–Kier alpha value is -2.67. The second kappa shape index (κ2) is 6.68. The predicted molar refractivity (Wildman–Crippen MR) is 94.7 cm³/mol. The van der Waals surface area contributed by atoms with Crippen molar-refractivity contribution in [3.8, 4) is 0 Å². The zero-order valence-electron chi connectivity index (χ0n) is 13.6. The smallest absolute Gasteiger partial charge is 0.264 e. The molecule has 0 aliphatic heterocycles. The van der Waals surface area contributed by atoms with Crippen LogP contribution in [0.15, 0.2) is 54.6 Å². The molecule has 2 aromatic rings. The number of carbonyl (C=O) groups excluding carboxylic acids is 2. The molecular formula is C18H18N2O4S. The standard InChI is InChI=1S/C18H18N2O4S/c1-25(23,24)20-17(21)13-7-9-14(10-8-13)19-18(22)16-11-15(16)12-5-3-2-4-6-12/h2-10,15-16H,11H2,1H3,(H,19,22)(H,20,21)/t15-,16+/m0/s1. The van der Waals surface area contributed by atoms with E-state index in [-0.39, 0.29) is 23.3 Å². The first-order valence-corrected chi connectivity index (χ1v) is 9.70. The molecule has 1 aliphatic carbocycles. The molecule has 7 heteroatoms. The van der Waals surface area contributed by atoms with Crippen molar-refractivity contribution in [2.45, 2.75) is 12.3 Å². The third-order valence-corrected chi connectivity index (χ3v) is 4.60. The molecule has 3 rings (SSSR count). The minimum absolute atomic E-state index is 0.0457. The van der Waals surface area contributed by atoms with E-state index in [1.54, 1.807) is 12.1 Å². The van der Waals surface area contributed by atoms with Crippen molar-refractivity contribution in [2.24, 2.45) is 5.92 Å². The highest BCUT2D eigenvalue weighted by atomic mass is 32.2. The first-order valence-electron chi connectivity index (χ1n) is 7.81. The van der Waals surface area contributed by atoms with Gasteiger partial charge in [0.2, 0.25) is 15.9 Å². The van der Waals surface area contributed by atoms with E-state index in [2.05, 4.69) is 5.32 Å². The van der Waals surface area contributed by atoms with E-state index in [1.165, 1.54) is 12.1 Å². The summed E-state index contributed by atoms with van der Waals surface area (Å²) >= 11 is 0. The van der Waals surface area contributed by atoms with E-state index in [9.17, 15) is 18.0 Å². The molecule has 0 aromatic heterocycles. The quantitative estimate of drug-likeness (QED) is 0.856. The molecule has 2 amide bonds. The Morgan fingerprint density at radius 2 is 1.64 bits per heavy atom. The summed E-state index contributed by atoms with van der Waals surface area (Å²) in [5.74, 6) is -0.550. The maximum Gasteiger partial charge on any atom is 0.264 e. The monoisotopic (exact) mass is 358 g/mol. The van der Waals surface area contributed by atoms with Gasteiger partial charge in [-0.3, -0.25) is 9.59 Å². The number of hydrogen-bond acceptors (Lipinski definition) is 4. The van der Waals surface area contributed by atoms with Gasteiger partial charge in [0.15, 0.2) is 0 Å². The number of benzene rings is 2. The van der Waals surface area contributed by atoms with Crippen LogP contribution in [0.5, 0.6) is 0 Å². The van der Waals surface area contributed by atoms with E-state index in [1.807, 2.05) is 35.1 Å². The van der Waals surface area contributed by atoms with Gasteiger partial charge >= 0.3 is 0 Å². The van der Waals surface area contributed by atoms with Gasteiger partial charge in [-0.15, -0.1) is 0 Å². The maximum atomic E-state index is 12.3. The minimum Gasteiger partial charge on any atom is -0.326 e. The summed E-state index contributed by atoms with van der Waals surface area (Å²) in [6.07, 6.45) is 1.74. The van der Waals surface area contributed by atoms with Crippen LogP contribution in [0.25, 0.3) is 0 Å². The zero-order valence-corrected chi connectivity index (χ0v) is 14.4. The molecule has 2 aromatic carbocycles. The third kappa shape index (κ3) is 4.45. The summed E-state index contributed by atoms with van der Waals surface area (Å²) in [6, 6.07) is 16.0. The molecule has 0 radical (unpaired) electrons. The number of hydrogen-bond donors (Lipinski definition) is 2. The van der Waals surface area contributed by atoms with Gasteiger partial charge in [-0.05, 0) is 42.2 Å². The molecule has 0 saturated heterocycles. The molecular weight excluding hydrogens is 340 g/mol. The number of amides is 2. The SMILES string of the molecule is CS(=O)(=O)NC(=O)c1ccc(NC(=O)[C@@H]2C[C@H]2c2ccccc2)cc1. The topological polar surface area (TPSA) is 92.3 Å². The second-order valence-corrected chi connectivity index (χ2v) is 7.88. The van der Waals surface area contributed by atoms with Crippen LogP contribution in [0, 0.1) is 5.92 Å². The lowest BCUT2D eigenvalue weighted by molar-refractivity contribution is -0.117. The van der Waals surface area contributed by atoms with Crippen LogP contribution in [-0.2, 0) is 14.8 Å². The molecule has 0 spiro atoms. The Kier molecular flexibility index (Phi) is 4.59. The fraction of sp³-hybridized carbons (Fsp3) is 0.222. The fourth-order valence-corrected chi connectivity index (χ4v) is 3.18. The van der Waals surface area contributed by atoms with E-state index in [0.717, 1.165) is 18.2 Å². The van der Waals surface area contributed by atoms with Gasteiger partial charge in [0.05, 0.1) is 6.26 Å². The molecule has 1 aliphatic rings. The number of anilines is 1. The Balaban J connectivity index is 1.59. The summed E-state index contributed by atoms with van der Waals surface area (Å²) in [5, 5.41) is 2.83. The van der Waals surface area contributed by atoms with E-state index in [0.29, 0.717) is 5.69 Å². The molecule has 25 heavy (non-hydrogen) atoms. The number of rotatable bonds is 5. The highest BCUT2D eigenvalue weighted by Gasteiger charge is 2.43. The summed E-state index contributed by atoms with van der Waals surface area (Å²) in [4.78, 5) is 24.0. The molecule has 2 atom stereocenters. The van der Waals surface area contributed by atoms with Gasteiger partial charge in [0.25, 0.3) is 5.91 Å². The average molecular weight is 358 g/mol. The van der Waals surface area contributed by atoms with Crippen molar-refractivity contribution in [3.05, 3.63) is 65.7 Å². The first-order chi connectivity index (χ1) is 11.8. The van der Waals surface area contributed by atoms with Crippen LogP contribution in [0.3, 0.4) is 0 Å². The summed E-state index contributed by atoms with van der Waals surface area (Å²) in [7, 11) is -3.61. The van der Waals surface area contributed by atoms with Crippen LogP contribution in [-0.4, -0.2) is 26.5 Å². The lowest BCUT2D eigenvalue weighted by Crippen LogP contribution is -2.29. The van der Waals surface area contributed by atoms with Crippen molar-refractivity contribution in [1.29, 1.82) is 0 Å². The molecule has 0 heterocycles. The first kappa shape index (κ1) is 17.2. The van der Waals surface area contributed by atoms with Gasteiger partial charge in [0, 0.05) is 17.2 Å². The van der Waals surface area contributed by atoms with Crippen LogP contribution < -0.4 is 10.0 Å². The fourth-order valence-electron chi connectivity index (χ4n) is 2.72. The number of carbonyl (C=O) groups is 2. The van der Waals surface area contributed by atoms with Crippen molar-refractivity contribution >= 4 is 27.5 Å². The minimum atomic E-state index is -3.61. The van der Waals surface area contributed by atoms with Gasteiger partial charge in [-0.1, -0.05) is 30.3 Å². The summed E-state index contributed by atoms with van der Waals surface area (Å²) in [6.45, 7) is 0. The summed E-state index contributed by atoms with van der Waals surface area (Å²) in [5.41, 5.74) is 1.94.